The van der Waals surface area contributed by atoms with Gasteiger partial charge in [0.05, 0.1) is 10.9 Å². The van der Waals surface area contributed by atoms with Crippen LogP contribution in [0, 0.1) is 20.8 Å². The molecule has 0 saturated carbocycles. The maximum atomic E-state index is 6.30. The van der Waals surface area contributed by atoms with Gasteiger partial charge < -0.3 is 4.74 Å². The molecule has 0 amide bonds. The van der Waals surface area contributed by atoms with Crippen molar-refractivity contribution in [3.63, 3.8) is 0 Å². The van der Waals surface area contributed by atoms with Gasteiger partial charge in [-0.2, -0.15) is 4.98 Å². The smallest absolute Gasteiger partial charge is 0.230 e. The Bertz CT molecular complexity index is 1070. The first-order valence-electron chi connectivity index (χ1n) is 8.55. The normalized spacial score (nSPS) is 10.9. The van der Waals surface area contributed by atoms with Gasteiger partial charge in [0.15, 0.2) is 5.82 Å². The lowest BCUT2D eigenvalue weighted by atomic mass is 10.1. The van der Waals surface area contributed by atoms with Crippen LogP contribution < -0.4 is 4.74 Å². The molecule has 2 aromatic carbocycles. The summed E-state index contributed by atoms with van der Waals surface area (Å²) in [4.78, 5) is 13.5. The molecule has 4 rings (SSSR count). The molecule has 4 heteroatoms. The molecule has 0 radical (unpaired) electrons. The second kappa shape index (κ2) is 6.56. The van der Waals surface area contributed by atoms with Gasteiger partial charge in [-0.3, -0.25) is 4.98 Å². The van der Waals surface area contributed by atoms with Crippen LogP contribution in [0.1, 0.15) is 16.7 Å². The summed E-state index contributed by atoms with van der Waals surface area (Å²) in [6, 6.07) is 15.9. The number of hydrogen-bond donors (Lipinski definition) is 0. The fraction of sp³-hybridized carbons (Fsp3) is 0.136. The topological polar surface area (TPSA) is 47.9 Å². The van der Waals surface area contributed by atoms with Crippen molar-refractivity contribution in [2.45, 2.75) is 20.8 Å². The number of rotatable bonds is 3. The maximum absolute atomic E-state index is 6.30. The van der Waals surface area contributed by atoms with Crippen molar-refractivity contribution in [1.29, 1.82) is 0 Å². The van der Waals surface area contributed by atoms with E-state index in [1.54, 1.807) is 12.4 Å². The van der Waals surface area contributed by atoms with Gasteiger partial charge in [0.2, 0.25) is 5.88 Å². The predicted molar refractivity (Wildman–Crippen MR) is 103 cm³/mol. The monoisotopic (exact) mass is 341 g/mol. The molecule has 4 nitrogen and oxygen atoms in total. The number of fused-ring (bicyclic) bond motifs is 1. The highest BCUT2D eigenvalue weighted by molar-refractivity contribution is 5.85. The van der Waals surface area contributed by atoms with Crippen LogP contribution in [0.5, 0.6) is 11.6 Å². The van der Waals surface area contributed by atoms with Gasteiger partial charge >= 0.3 is 0 Å². The molecule has 26 heavy (non-hydrogen) atoms. The van der Waals surface area contributed by atoms with Crippen LogP contribution in [0.15, 0.2) is 60.9 Å². The van der Waals surface area contributed by atoms with E-state index in [0.717, 1.165) is 33.3 Å². The molecular weight excluding hydrogens is 322 g/mol. The van der Waals surface area contributed by atoms with E-state index >= 15 is 0 Å². The van der Waals surface area contributed by atoms with Crippen molar-refractivity contribution >= 4 is 10.9 Å². The Morgan fingerprint density at radius 1 is 0.808 bits per heavy atom. The summed E-state index contributed by atoms with van der Waals surface area (Å²) in [5.74, 6) is 2.04. The zero-order valence-corrected chi connectivity index (χ0v) is 15.0. The van der Waals surface area contributed by atoms with Crippen LogP contribution in [0.4, 0.5) is 0 Å². The van der Waals surface area contributed by atoms with Crippen LogP contribution in [0.3, 0.4) is 0 Å². The lowest BCUT2D eigenvalue weighted by Gasteiger charge is -2.14. The lowest BCUT2D eigenvalue weighted by Crippen LogP contribution is -1.98. The van der Waals surface area contributed by atoms with Crippen molar-refractivity contribution in [2.24, 2.45) is 0 Å². The van der Waals surface area contributed by atoms with Gasteiger partial charge in [-0.15, -0.1) is 0 Å². The molecule has 4 aromatic rings. The third kappa shape index (κ3) is 3.02. The molecule has 0 saturated heterocycles. The Morgan fingerprint density at radius 3 is 2.23 bits per heavy atom. The lowest BCUT2D eigenvalue weighted by molar-refractivity contribution is 0.461. The van der Waals surface area contributed by atoms with Gasteiger partial charge in [-0.1, -0.05) is 29.8 Å². The molecule has 0 aliphatic carbocycles. The number of nitrogens with zero attached hydrogens (tertiary/aromatic N) is 3. The molecule has 0 spiro atoms. The van der Waals surface area contributed by atoms with Crippen molar-refractivity contribution in [3.8, 4) is 23.0 Å². The molecule has 128 valence electrons. The summed E-state index contributed by atoms with van der Waals surface area (Å²) < 4.78 is 6.30. The molecule has 0 aliphatic rings. The third-order valence-corrected chi connectivity index (χ3v) is 4.31. The minimum atomic E-state index is 0.567. The van der Waals surface area contributed by atoms with Crippen LogP contribution in [-0.4, -0.2) is 15.0 Å². The fourth-order valence-electron chi connectivity index (χ4n) is 3.18. The minimum absolute atomic E-state index is 0.567. The zero-order valence-electron chi connectivity index (χ0n) is 15.0. The second-order valence-electron chi connectivity index (χ2n) is 6.44. The Hall–Kier alpha value is -3.27. The summed E-state index contributed by atoms with van der Waals surface area (Å²) in [6.45, 7) is 6.20. The average molecular weight is 341 g/mol. The number of para-hydroxylation sites is 1. The Balaban J connectivity index is 1.89. The predicted octanol–water partition coefficient (Wildman–Crippen LogP) is 5.41. The van der Waals surface area contributed by atoms with E-state index in [1.165, 1.54) is 5.56 Å². The van der Waals surface area contributed by atoms with Gasteiger partial charge in [0.1, 0.15) is 5.75 Å². The first-order valence-corrected chi connectivity index (χ1v) is 8.55. The van der Waals surface area contributed by atoms with Crippen molar-refractivity contribution < 1.29 is 4.74 Å². The van der Waals surface area contributed by atoms with Gasteiger partial charge in [0, 0.05) is 18.0 Å². The summed E-state index contributed by atoms with van der Waals surface area (Å²) in [6.07, 6.45) is 3.48. The number of aromatic nitrogens is 3. The van der Waals surface area contributed by atoms with Crippen LogP contribution in [-0.2, 0) is 0 Å². The van der Waals surface area contributed by atoms with Gasteiger partial charge in [-0.05, 0) is 56.2 Å². The fourth-order valence-corrected chi connectivity index (χ4v) is 3.18. The summed E-state index contributed by atoms with van der Waals surface area (Å²) in [5, 5.41) is 0.893. The van der Waals surface area contributed by atoms with E-state index in [1.807, 2.05) is 36.4 Å². The molecule has 2 aromatic heterocycles. The SMILES string of the molecule is Cc1cc(C)c(Oc2nc(-c3ccncc3)nc3ccccc23)c(C)c1. The number of aryl methyl sites for hydroxylation is 3. The van der Waals surface area contributed by atoms with E-state index in [-0.39, 0.29) is 0 Å². The summed E-state index contributed by atoms with van der Waals surface area (Å²) in [5.41, 5.74) is 5.17. The summed E-state index contributed by atoms with van der Waals surface area (Å²) >= 11 is 0. The van der Waals surface area contributed by atoms with Crippen LogP contribution >= 0.6 is 0 Å². The van der Waals surface area contributed by atoms with Crippen molar-refractivity contribution in [2.75, 3.05) is 0 Å². The van der Waals surface area contributed by atoms with Crippen molar-refractivity contribution in [1.82, 2.24) is 15.0 Å². The first-order chi connectivity index (χ1) is 12.6. The largest absolute Gasteiger partial charge is 0.438 e. The van der Waals surface area contributed by atoms with Gasteiger partial charge in [-0.25, -0.2) is 4.98 Å². The Kier molecular flexibility index (Phi) is 4.09. The highest BCUT2D eigenvalue weighted by Crippen LogP contribution is 2.33. The molecule has 2 heterocycles. The highest BCUT2D eigenvalue weighted by atomic mass is 16.5. The Morgan fingerprint density at radius 2 is 1.50 bits per heavy atom. The van der Waals surface area contributed by atoms with Gasteiger partial charge in [0.25, 0.3) is 0 Å². The standard InChI is InChI=1S/C22H19N3O/c1-14-12-15(2)20(16(3)13-14)26-22-18-6-4-5-7-19(18)24-21(25-22)17-8-10-23-11-9-17/h4-13H,1-3H3. The van der Waals surface area contributed by atoms with Crippen LogP contribution in [0.25, 0.3) is 22.3 Å². The molecule has 0 N–H and O–H groups in total. The molecule has 0 unspecified atom stereocenters. The van der Waals surface area contributed by atoms with E-state index in [9.17, 15) is 0 Å². The second-order valence-corrected chi connectivity index (χ2v) is 6.44. The average Bonchev–Trinajstić information content (AvgIpc) is 2.65. The zero-order chi connectivity index (χ0) is 18.1. The number of benzene rings is 2. The first kappa shape index (κ1) is 16.2. The third-order valence-electron chi connectivity index (χ3n) is 4.31. The molecular formula is C22H19N3O. The quantitative estimate of drug-likeness (QED) is 0.500. The molecule has 0 atom stereocenters. The molecule has 0 aliphatic heterocycles. The maximum Gasteiger partial charge on any atom is 0.230 e. The van der Waals surface area contributed by atoms with E-state index in [4.69, 9.17) is 9.72 Å². The van der Waals surface area contributed by atoms with E-state index in [0.29, 0.717) is 11.7 Å². The number of pyridine rings is 1. The minimum Gasteiger partial charge on any atom is -0.438 e. The molecule has 0 bridgehead atoms. The molecule has 0 fully saturated rings. The number of ether oxygens (including phenoxy) is 1. The Labute approximate surface area is 152 Å². The van der Waals surface area contributed by atoms with E-state index < -0.39 is 0 Å². The van der Waals surface area contributed by atoms with Crippen molar-refractivity contribution in [3.05, 3.63) is 77.6 Å². The summed E-state index contributed by atoms with van der Waals surface area (Å²) in [7, 11) is 0. The highest BCUT2D eigenvalue weighted by Gasteiger charge is 2.14. The van der Waals surface area contributed by atoms with E-state index in [2.05, 4.69) is 42.9 Å². The number of hydrogen-bond acceptors (Lipinski definition) is 4. The van der Waals surface area contributed by atoms with Crippen LogP contribution in [0.2, 0.25) is 0 Å².